The summed E-state index contributed by atoms with van der Waals surface area (Å²) in [5, 5.41) is 5.67. The first-order valence-corrected chi connectivity index (χ1v) is 8.02. The summed E-state index contributed by atoms with van der Waals surface area (Å²) < 4.78 is 31.0. The molecule has 19 heavy (non-hydrogen) atoms. The molecule has 0 amide bonds. The Morgan fingerprint density at radius 1 is 1.58 bits per heavy atom. The normalized spacial score (nSPS) is 13.4. The zero-order valence-electron chi connectivity index (χ0n) is 10.5. The lowest BCUT2D eigenvalue weighted by Crippen LogP contribution is -2.15. The number of nitrogens with two attached hydrogens (primary N) is 1. The fraction of sp³-hybridized carbons (Fsp3) is 0.400. The van der Waals surface area contributed by atoms with Crippen LogP contribution in [-0.4, -0.2) is 18.6 Å². The van der Waals surface area contributed by atoms with Crippen LogP contribution in [0.2, 0.25) is 0 Å². The first kappa shape index (κ1) is 14.0. The molecule has 2 aromatic heterocycles. The number of thiazole rings is 1. The highest BCUT2D eigenvalue weighted by molar-refractivity contribution is 7.92. The van der Waals surface area contributed by atoms with Gasteiger partial charge in [-0.2, -0.15) is 0 Å². The molecule has 0 aliphatic heterocycles. The minimum Gasteiger partial charge on any atom is -0.361 e. The molecule has 1 atom stereocenters. The van der Waals surface area contributed by atoms with Gasteiger partial charge in [0.25, 0.3) is 0 Å². The van der Waals surface area contributed by atoms with Gasteiger partial charge >= 0.3 is 0 Å². The van der Waals surface area contributed by atoms with Crippen molar-refractivity contribution in [2.24, 2.45) is 5.73 Å². The van der Waals surface area contributed by atoms with E-state index in [4.69, 9.17) is 10.3 Å². The number of rotatable bonds is 5. The van der Waals surface area contributed by atoms with Gasteiger partial charge in [0.15, 0.2) is 5.13 Å². The van der Waals surface area contributed by atoms with Gasteiger partial charge in [0, 0.05) is 17.5 Å². The number of anilines is 1. The number of hydrogen-bond donors (Lipinski definition) is 2. The third-order valence-electron chi connectivity index (χ3n) is 2.25. The van der Waals surface area contributed by atoms with Crippen LogP contribution in [0.15, 0.2) is 16.0 Å². The summed E-state index contributed by atoms with van der Waals surface area (Å²) in [6.45, 7) is 3.48. The zero-order valence-corrected chi connectivity index (χ0v) is 12.1. The van der Waals surface area contributed by atoms with E-state index in [1.165, 1.54) is 11.3 Å². The summed E-state index contributed by atoms with van der Waals surface area (Å²) in [6.07, 6.45) is 0. The lowest BCUT2D eigenvalue weighted by molar-refractivity contribution is 0.392. The first-order valence-electron chi connectivity index (χ1n) is 5.49. The largest absolute Gasteiger partial charge is 0.361 e. The Bertz CT molecular complexity index is 660. The van der Waals surface area contributed by atoms with Gasteiger partial charge in [0.1, 0.15) is 17.2 Å². The minimum atomic E-state index is -3.55. The second kappa shape index (κ2) is 5.27. The molecule has 2 rings (SSSR count). The van der Waals surface area contributed by atoms with Gasteiger partial charge in [-0.1, -0.05) is 5.16 Å². The van der Waals surface area contributed by atoms with Crippen LogP contribution in [0.5, 0.6) is 0 Å². The smallest absolute Gasteiger partial charge is 0.240 e. The van der Waals surface area contributed by atoms with Crippen molar-refractivity contribution in [2.75, 3.05) is 4.72 Å². The molecule has 0 radical (unpaired) electrons. The lowest BCUT2D eigenvalue weighted by Gasteiger charge is -2.02. The van der Waals surface area contributed by atoms with Gasteiger partial charge in [-0.05, 0) is 13.8 Å². The first-order chi connectivity index (χ1) is 8.85. The molecule has 0 aliphatic carbocycles. The van der Waals surface area contributed by atoms with Crippen molar-refractivity contribution in [1.82, 2.24) is 10.1 Å². The average Bonchev–Trinajstić information content (AvgIpc) is 2.87. The Labute approximate surface area is 114 Å². The van der Waals surface area contributed by atoms with Gasteiger partial charge in [0.2, 0.25) is 10.0 Å². The van der Waals surface area contributed by atoms with Crippen LogP contribution in [0.25, 0.3) is 0 Å². The van der Waals surface area contributed by atoms with Crippen LogP contribution in [0, 0.1) is 6.92 Å². The van der Waals surface area contributed by atoms with E-state index in [9.17, 15) is 8.42 Å². The zero-order chi connectivity index (χ0) is 14.0. The molecule has 2 aromatic rings. The van der Waals surface area contributed by atoms with Gasteiger partial charge in [-0.3, -0.25) is 4.72 Å². The summed E-state index contributed by atoms with van der Waals surface area (Å²) in [5.74, 6) is 0.316. The molecule has 0 bridgehead atoms. The van der Waals surface area contributed by atoms with Crippen LogP contribution in [0.3, 0.4) is 0 Å². The predicted octanol–water partition coefficient (Wildman–Crippen LogP) is 1.40. The molecule has 0 fully saturated rings. The van der Waals surface area contributed by atoms with Gasteiger partial charge in [0.05, 0.1) is 5.69 Å². The Morgan fingerprint density at radius 3 is 2.84 bits per heavy atom. The highest BCUT2D eigenvalue weighted by atomic mass is 32.2. The molecule has 2 heterocycles. The number of sulfonamides is 1. The fourth-order valence-electron chi connectivity index (χ4n) is 1.39. The maximum atomic E-state index is 11.9. The second-order valence-corrected chi connectivity index (χ2v) is 6.74. The molecule has 0 spiro atoms. The van der Waals surface area contributed by atoms with Crippen molar-refractivity contribution in [3.8, 4) is 0 Å². The highest BCUT2D eigenvalue weighted by Crippen LogP contribution is 2.21. The maximum Gasteiger partial charge on any atom is 0.240 e. The van der Waals surface area contributed by atoms with Gasteiger partial charge < -0.3 is 10.3 Å². The summed E-state index contributed by atoms with van der Waals surface area (Å²) >= 11 is 1.20. The third kappa shape index (κ3) is 3.75. The fourth-order valence-corrected chi connectivity index (χ4v) is 3.53. The molecule has 0 saturated heterocycles. The second-order valence-electron chi connectivity index (χ2n) is 4.16. The predicted molar refractivity (Wildman–Crippen MR) is 72.2 cm³/mol. The molecule has 7 nitrogen and oxygen atoms in total. The molecule has 9 heteroatoms. The molecule has 104 valence electrons. The Hall–Kier alpha value is -1.45. The molecule has 3 N–H and O–H groups in total. The van der Waals surface area contributed by atoms with Crippen molar-refractivity contribution in [3.05, 3.63) is 28.6 Å². The van der Waals surface area contributed by atoms with Crippen LogP contribution in [0.1, 0.15) is 30.1 Å². The Morgan fingerprint density at radius 2 is 2.32 bits per heavy atom. The van der Waals surface area contributed by atoms with E-state index < -0.39 is 10.0 Å². The standard InChI is InChI=1S/C10H14N4O3S2/c1-6-3-8(13-17-6)5-19(15,16)14-10-12-9(4-18-10)7(2)11/h3-4,7H,5,11H2,1-2H3,(H,12,14). The molecule has 1 unspecified atom stereocenters. The third-order valence-corrected chi connectivity index (χ3v) is 4.33. The number of nitrogens with zero attached hydrogens (tertiary/aromatic N) is 2. The van der Waals surface area contributed by atoms with E-state index in [-0.39, 0.29) is 11.8 Å². The van der Waals surface area contributed by atoms with Crippen molar-refractivity contribution in [3.63, 3.8) is 0 Å². The highest BCUT2D eigenvalue weighted by Gasteiger charge is 2.17. The van der Waals surface area contributed by atoms with E-state index in [0.717, 1.165) is 0 Å². The van der Waals surface area contributed by atoms with Crippen molar-refractivity contribution in [1.29, 1.82) is 0 Å². The Balaban J connectivity index is 2.08. The minimum absolute atomic E-state index is 0.229. The van der Waals surface area contributed by atoms with Gasteiger partial charge in [-0.25, -0.2) is 13.4 Å². The molecule has 0 saturated carbocycles. The summed E-state index contributed by atoms with van der Waals surface area (Å²) in [6, 6.07) is 1.35. The number of aromatic nitrogens is 2. The summed E-state index contributed by atoms with van der Waals surface area (Å²) in [5.41, 5.74) is 6.67. The van der Waals surface area contributed by atoms with Crippen LogP contribution in [-0.2, 0) is 15.8 Å². The monoisotopic (exact) mass is 302 g/mol. The van der Waals surface area contributed by atoms with E-state index in [0.29, 0.717) is 22.3 Å². The van der Waals surface area contributed by atoms with Crippen LogP contribution >= 0.6 is 11.3 Å². The van der Waals surface area contributed by atoms with E-state index >= 15 is 0 Å². The molecular weight excluding hydrogens is 288 g/mol. The van der Waals surface area contributed by atoms with E-state index in [1.807, 2.05) is 0 Å². The number of aryl methyl sites for hydroxylation is 1. The summed E-state index contributed by atoms with van der Waals surface area (Å²) in [4.78, 5) is 4.10. The van der Waals surface area contributed by atoms with E-state index in [2.05, 4.69) is 14.9 Å². The molecule has 0 aromatic carbocycles. The SMILES string of the molecule is Cc1cc(CS(=O)(=O)Nc2nc(C(C)N)cs2)no1. The topological polar surface area (TPSA) is 111 Å². The number of hydrogen-bond acceptors (Lipinski definition) is 7. The van der Waals surface area contributed by atoms with Crippen molar-refractivity contribution in [2.45, 2.75) is 25.6 Å². The molecular formula is C10H14N4O3S2. The lowest BCUT2D eigenvalue weighted by atomic mass is 10.3. The summed E-state index contributed by atoms with van der Waals surface area (Å²) in [7, 11) is -3.55. The van der Waals surface area contributed by atoms with Crippen molar-refractivity contribution >= 4 is 26.5 Å². The maximum absolute atomic E-state index is 11.9. The van der Waals surface area contributed by atoms with Crippen LogP contribution in [0.4, 0.5) is 5.13 Å². The average molecular weight is 302 g/mol. The van der Waals surface area contributed by atoms with E-state index in [1.54, 1.807) is 25.3 Å². The van der Waals surface area contributed by atoms with Crippen LogP contribution < -0.4 is 10.5 Å². The van der Waals surface area contributed by atoms with Gasteiger partial charge in [-0.15, -0.1) is 11.3 Å². The van der Waals surface area contributed by atoms with Crippen molar-refractivity contribution < 1.29 is 12.9 Å². The Kier molecular flexibility index (Phi) is 3.88. The number of nitrogens with one attached hydrogen (secondary N) is 1. The molecule has 0 aliphatic rings. The quantitative estimate of drug-likeness (QED) is 0.863.